The van der Waals surface area contributed by atoms with Gasteiger partial charge < -0.3 is 10.2 Å². The van der Waals surface area contributed by atoms with Gasteiger partial charge in [-0.3, -0.25) is 4.90 Å². The Morgan fingerprint density at radius 1 is 1.00 bits per heavy atom. The van der Waals surface area contributed by atoms with Crippen molar-refractivity contribution in [2.45, 2.75) is 51.0 Å². The quantitative estimate of drug-likeness (QED) is 0.623. The van der Waals surface area contributed by atoms with E-state index in [9.17, 15) is 15.3 Å². The average molecular weight is 202 g/mol. The van der Waals surface area contributed by atoms with Crippen molar-refractivity contribution in [3.05, 3.63) is 0 Å². The molecule has 2 N–H and O–H groups in total. The van der Waals surface area contributed by atoms with Gasteiger partial charge in [-0.2, -0.15) is 0 Å². The second-order valence-corrected chi connectivity index (χ2v) is 3.89. The molecule has 1 saturated heterocycles. The van der Waals surface area contributed by atoms with E-state index in [-0.39, 0.29) is 6.61 Å². The molecule has 1 aliphatic rings. The highest BCUT2D eigenvalue weighted by atomic mass is 16.3. The van der Waals surface area contributed by atoms with E-state index in [2.05, 4.69) is 0 Å². The van der Waals surface area contributed by atoms with Gasteiger partial charge in [-0.25, -0.2) is 5.11 Å². The summed E-state index contributed by atoms with van der Waals surface area (Å²) in [6, 6.07) is 0. The first-order valence-corrected chi connectivity index (χ1v) is 5.45. The molecule has 1 heterocycles. The second-order valence-electron chi connectivity index (χ2n) is 3.89. The molecule has 83 valence electrons. The van der Waals surface area contributed by atoms with Crippen LogP contribution in [0.3, 0.4) is 0 Å². The lowest BCUT2D eigenvalue weighted by molar-refractivity contribution is -0.0534. The number of rotatable bonds is 6. The van der Waals surface area contributed by atoms with Crippen LogP contribution in [0.1, 0.15) is 38.5 Å². The van der Waals surface area contributed by atoms with Crippen LogP contribution < -0.4 is 0 Å². The van der Waals surface area contributed by atoms with Gasteiger partial charge in [0.2, 0.25) is 0 Å². The monoisotopic (exact) mass is 202 g/mol. The van der Waals surface area contributed by atoms with Gasteiger partial charge in [0.05, 0.1) is 6.61 Å². The Morgan fingerprint density at radius 3 is 2.14 bits per heavy atom. The maximum Gasteiger partial charge on any atom is 0.109 e. The SMILES string of the molecule is [O]CCCCCCN1C(O)CCC1O. The molecule has 0 aromatic rings. The number of hydrogen-bond acceptors (Lipinski definition) is 3. The molecule has 14 heavy (non-hydrogen) atoms. The van der Waals surface area contributed by atoms with E-state index in [0.29, 0.717) is 12.8 Å². The summed E-state index contributed by atoms with van der Waals surface area (Å²) in [5.74, 6) is 0. The molecule has 2 unspecified atom stereocenters. The molecule has 0 bridgehead atoms. The van der Waals surface area contributed by atoms with E-state index in [1.54, 1.807) is 4.90 Å². The minimum Gasteiger partial charge on any atom is -0.378 e. The summed E-state index contributed by atoms with van der Waals surface area (Å²) >= 11 is 0. The van der Waals surface area contributed by atoms with Crippen LogP contribution in [0.4, 0.5) is 0 Å². The minimum absolute atomic E-state index is 0.00889. The molecule has 1 aliphatic heterocycles. The van der Waals surface area contributed by atoms with Crippen LogP contribution in [0.5, 0.6) is 0 Å². The van der Waals surface area contributed by atoms with Crippen molar-refractivity contribution >= 4 is 0 Å². The van der Waals surface area contributed by atoms with Crippen molar-refractivity contribution in [2.24, 2.45) is 0 Å². The molecule has 0 spiro atoms. The Balaban J connectivity index is 2.05. The zero-order valence-corrected chi connectivity index (χ0v) is 8.56. The van der Waals surface area contributed by atoms with Gasteiger partial charge in [0.15, 0.2) is 0 Å². The first kappa shape index (κ1) is 11.9. The van der Waals surface area contributed by atoms with Crippen LogP contribution in [-0.4, -0.2) is 40.7 Å². The number of aliphatic hydroxyl groups is 2. The normalized spacial score (nSPS) is 28.5. The highest BCUT2D eigenvalue weighted by Gasteiger charge is 2.29. The van der Waals surface area contributed by atoms with E-state index in [4.69, 9.17) is 0 Å². The third kappa shape index (κ3) is 3.53. The molecule has 0 aromatic carbocycles. The summed E-state index contributed by atoms with van der Waals surface area (Å²) in [7, 11) is 0. The van der Waals surface area contributed by atoms with Gasteiger partial charge in [0.25, 0.3) is 0 Å². The van der Waals surface area contributed by atoms with E-state index in [1.165, 1.54) is 0 Å². The fourth-order valence-corrected chi connectivity index (χ4v) is 1.88. The molecule has 4 heteroatoms. The molecule has 4 nitrogen and oxygen atoms in total. The lowest BCUT2D eigenvalue weighted by atomic mass is 10.2. The predicted molar refractivity (Wildman–Crippen MR) is 52.0 cm³/mol. The summed E-state index contributed by atoms with van der Waals surface area (Å²) in [5.41, 5.74) is 0. The fourth-order valence-electron chi connectivity index (χ4n) is 1.88. The summed E-state index contributed by atoms with van der Waals surface area (Å²) in [6.07, 6.45) is 4.07. The Kier molecular flexibility index (Phi) is 5.40. The fraction of sp³-hybridized carbons (Fsp3) is 1.00. The minimum atomic E-state index is -0.468. The Labute approximate surface area is 85.2 Å². The van der Waals surface area contributed by atoms with Crippen molar-refractivity contribution < 1.29 is 15.3 Å². The molecule has 1 rings (SSSR count). The van der Waals surface area contributed by atoms with Gasteiger partial charge in [0, 0.05) is 6.54 Å². The number of unbranched alkanes of at least 4 members (excludes halogenated alkanes) is 3. The van der Waals surface area contributed by atoms with Crippen LogP contribution >= 0.6 is 0 Å². The molecule has 0 saturated carbocycles. The van der Waals surface area contributed by atoms with Crippen molar-refractivity contribution in [2.75, 3.05) is 13.2 Å². The lowest BCUT2D eigenvalue weighted by Crippen LogP contribution is -2.36. The third-order valence-corrected chi connectivity index (χ3v) is 2.76. The van der Waals surface area contributed by atoms with Gasteiger partial charge in [0.1, 0.15) is 12.5 Å². The summed E-state index contributed by atoms with van der Waals surface area (Å²) in [6.45, 7) is 0.746. The van der Waals surface area contributed by atoms with E-state index >= 15 is 0 Å². The van der Waals surface area contributed by atoms with Crippen LogP contribution in [-0.2, 0) is 5.11 Å². The molecule has 0 aromatic heterocycles. The molecular formula is C10H20NO3. The van der Waals surface area contributed by atoms with E-state index in [1.807, 2.05) is 0 Å². The summed E-state index contributed by atoms with van der Waals surface area (Å²) in [5, 5.41) is 29.1. The zero-order valence-electron chi connectivity index (χ0n) is 8.56. The van der Waals surface area contributed by atoms with Gasteiger partial charge in [-0.1, -0.05) is 12.8 Å². The number of likely N-dealkylation sites (tertiary alicyclic amines) is 1. The van der Waals surface area contributed by atoms with Crippen molar-refractivity contribution in [3.63, 3.8) is 0 Å². The maximum absolute atomic E-state index is 10.2. The highest BCUT2D eigenvalue weighted by molar-refractivity contribution is 4.74. The highest BCUT2D eigenvalue weighted by Crippen LogP contribution is 2.20. The van der Waals surface area contributed by atoms with E-state index in [0.717, 1.165) is 32.2 Å². The van der Waals surface area contributed by atoms with Crippen molar-refractivity contribution in [1.29, 1.82) is 0 Å². The van der Waals surface area contributed by atoms with Crippen molar-refractivity contribution in [1.82, 2.24) is 4.90 Å². The smallest absolute Gasteiger partial charge is 0.109 e. The number of nitrogens with zero attached hydrogens (tertiary/aromatic N) is 1. The lowest BCUT2D eigenvalue weighted by Gasteiger charge is -2.23. The average Bonchev–Trinajstić information content (AvgIpc) is 2.48. The Morgan fingerprint density at radius 2 is 1.57 bits per heavy atom. The number of hydrogen-bond donors (Lipinski definition) is 2. The summed E-state index contributed by atoms with van der Waals surface area (Å²) in [4.78, 5) is 1.73. The molecule has 0 aliphatic carbocycles. The maximum atomic E-state index is 10.2. The summed E-state index contributed by atoms with van der Waals surface area (Å²) < 4.78 is 0. The first-order chi connectivity index (χ1) is 6.75. The molecule has 1 radical (unpaired) electrons. The standard InChI is InChI=1S/C10H20NO3/c12-8-4-2-1-3-7-11-9(13)5-6-10(11)14/h9-10,13-14H,1-8H2. The van der Waals surface area contributed by atoms with Crippen LogP contribution in [0, 0.1) is 0 Å². The molecule has 1 fully saturated rings. The predicted octanol–water partition coefficient (Wildman–Crippen LogP) is 0.710. The Bertz CT molecular complexity index is 144. The first-order valence-electron chi connectivity index (χ1n) is 5.45. The number of aliphatic hydroxyl groups excluding tert-OH is 2. The van der Waals surface area contributed by atoms with Crippen LogP contribution in [0.2, 0.25) is 0 Å². The third-order valence-electron chi connectivity index (χ3n) is 2.76. The molecule has 2 atom stereocenters. The topological polar surface area (TPSA) is 63.6 Å². The van der Waals surface area contributed by atoms with Gasteiger partial charge in [-0.05, 0) is 25.7 Å². The van der Waals surface area contributed by atoms with Crippen molar-refractivity contribution in [3.8, 4) is 0 Å². The largest absolute Gasteiger partial charge is 0.378 e. The Hall–Kier alpha value is -0.160. The van der Waals surface area contributed by atoms with Crippen LogP contribution in [0.15, 0.2) is 0 Å². The van der Waals surface area contributed by atoms with Gasteiger partial charge in [-0.15, -0.1) is 0 Å². The van der Waals surface area contributed by atoms with Gasteiger partial charge >= 0.3 is 0 Å². The molecular weight excluding hydrogens is 182 g/mol. The van der Waals surface area contributed by atoms with E-state index < -0.39 is 12.5 Å². The molecule has 0 amide bonds. The zero-order chi connectivity index (χ0) is 10.4. The van der Waals surface area contributed by atoms with Crippen LogP contribution in [0.25, 0.3) is 0 Å². The second kappa shape index (κ2) is 6.35.